The molecule has 2 N–H and O–H groups in total. The van der Waals surface area contributed by atoms with Gasteiger partial charge in [0.2, 0.25) is 0 Å². The molecular formula is C16H21NO4. The molecular weight excluding hydrogens is 270 g/mol. The lowest BCUT2D eigenvalue weighted by molar-refractivity contribution is -0.325. The van der Waals surface area contributed by atoms with Crippen molar-refractivity contribution in [2.75, 3.05) is 13.7 Å². The molecule has 0 radical (unpaired) electrons. The molecule has 2 saturated heterocycles. The maximum atomic E-state index is 6.46. The summed E-state index contributed by atoms with van der Waals surface area (Å²) in [6.07, 6.45) is 0.877. The van der Waals surface area contributed by atoms with E-state index in [0.717, 1.165) is 5.56 Å². The summed E-state index contributed by atoms with van der Waals surface area (Å²) in [4.78, 5) is 0. The van der Waals surface area contributed by atoms with E-state index in [-0.39, 0.29) is 18.5 Å². The monoisotopic (exact) mass is 291 g/mol. The van der Waals surface area contributed by atoms with Crippen LogP contribution in [-0.2, 0) is 18.9 Å². The minimum Gasteiger partial charge on any atom is -0.356 e. The summed E-state index contributed by atoms with van der Waals surface area (Å²) in [6, 6.07) is 9.81. The predicted molar refractivity (Wildman–Crippen MR) is 77.4 cm³/mol. The topological polar surface area (TPSA) is 62.9 Å². The number of methoxy groups -OCH3 is 1. The predicted octanol–water partition coefficient (Wildman–Crippen LogP) is 1.75. The second kappa shape index (κ2) is 5.87. The molecule has 3 rings (SSSR count). The normalized spacial score (nSPS) is 39.5. The third-order valence-corrected chi connectivity index (χ3v) is 4.11. The van der Waals surface area contributed by atoms with Gasteiger partial charge in [0.25, 0.3) is 0 Å². The zero-order valence-corrected chi connectivity index (χ0v) is 12.1. The lowest BCUT2D eigenvalue weighted by atomic mass is 9.83. The lowest BCUT2D eigenvalue weighted by Crippen LogP contribution is -2.65. The van der Waals surface area contributed by atoms with Gasteiger partial charge in [0.15, 0.2) is 12.6 Å². The van der Waals surface area contributed by atoms with Gasteiger partial charge in [-0.3, -0.25) is 0 Å². The van der Waals surface area contributed by atoms with E-state index in [0.29, 0.717) is 13.0 Å². The smallest absolute Gasteiger partial charge is 0.184 e. The first kappa shape index (κ1) is 14.7. The van der Waals surface area contributed by atoms with Gasteiger partial charge in [-0.1, -0.05) is 36.4 Å². The van der Waals surface area contributed by atoms with Gasteiger partial charge in [0.1, 0.15) is 12.2 Å². The van der Waals surface area contributed by atoms with Crippen LogP contribution in [0.2, 0.25) is 0 Å². The van der Waals surface area contributed by atoms with Crippen LogP contribution in [0.1, 0.15) is 18.3 Å². The average Bonchev–Trinajstić information content (AvgIpc) is 2.55. The second-order valence-electron chi connectivity index (χ2n) is 5.49. The van der Waals surface area contributed by atoms with Crippen molar-refractivity contribution in [2.24, 2.45) is 5.73 Å². The van der Waals surface area contributed by atoms with E-state index in [1.165, 1.54) is 0 Å². The molecule has 0 spiro atoms. The van der Waals surface area contributed by atoms with Gasteiger partial charge in [-0.25, -0.2) is 0 Å². The number of benzene rings is 1. The fourth-order valence-electron chi connectivity index (χ4n) is 2.88. The van der Waals surface area contributed by atoms with E-state index in [9.17, 15) is 0 Å². The van der Waals surface area contributed by atoms with Gasteiger partial charge in [-0.15, -0.1) is 6.58 Å². The average molecular weight is 291 g/mol. The summed E-state index contributed by atoms with van der Waals surface area (Å²) >= 11 is 0. The van der Waals surface area contributed by atoms with Crippen molar-refractivity contribution in [1.82, 2.24) is 0 Å². The summed E-state index contributed by atoms with van der Waals surface area (Å²) in [7, 11) is 1.60. The summed E-state index contributed by atoms with van der Waals surface area (Å²) in [5, 5.41) is 0. The van der Waals surface area contributed by atoms with E-state index >= 15 is 0 Å². The summed E-state index contributed by atoms with van der Waals surface area (Å²) in [5.41, 5.74) is 6.74. The summed E-state index contributed by atoms with van der Waals surface area (Å²) in [5.74, 6) is 0. The first-order chi connectivity index (χ1) is 10.2. The first-order valence-corrected chi connectivity index (χ1v) is 7.09. The molecule has 114 valence electrons. The van der Waals surface area contributed by atoms with Gasteiger partial charge < -0.3 is 24.7 Å². The fraction of sp³-hybridized carbons (Fsp3) is 0.500. The van der Waals surface area contributed by atoms with Gasteiger partial charge in [-0.05, 0) is 0 Å². The van der Waals surface area contributed by atoms with Gasteiger partial charge in [0, 0.05) is 19.1 Å². The zero-order chi connectivity index (χ0) is 14.9. The molecule has 2 fully saturated rings. The quantitative estimate of drug-likeness (QED) is 0.860. The number of fused-ring (bicyclic) bond motifs is 1. The fourth-order valence-corrected chi connectivity index (χ4v) is 2.88. The first-order valence-electron chi connectivity index (χ1n) is 7.09. The Hall–Kier alpha value is -1.24. The molecule has 1 aromatic rings. The van der Waals surface area contributed by atoms with Crippen molar-refractivity contribution in [2.45, 2.75) is 36.7 Å². The number of ether oxygens (including phenoxy) is 4. The maximum absolute atomic E-state index is 6.46. The van der Waals surface area contributed by atoms with E-state index < -0.39 is 11.8 Å². The lowest BCUT2D eigenvalue weighted by Gasteiger charge is -2.49. The molecule has 0 aromatic heterocycles. The molecule has 0 saturated carbocycles. The van der Waals surface area contributed by atoms with Crippen molar-refractivity contribution >= 4 is 0 Å². The highest BCUT2D eigenvalue weighted by Gasteiger charge is 2.50. The molecule has 1 aromatic carbocycles. The van der Waals surface area contributed by atoms with Crippen molar-refractivity contribution in [3.05, 3.63) is 48.6 Å². The molecule has 0 bridgehead atoms. The molecule has 21 heavy (non-hydrogen) atoms. The Labute approximate surface area is 124 Å². The van der Waals surface area contributed by atoms with Crippen LogP contribution in [0.4, 0.5) is 0 Å². The Morgan fingerprint density at radius 2 is 2.10 bits per heavy atom. The standard InChI is InChI=1S/C16H21NO4/c1-3-16(17)9-13(18-2)20-12-10-19-15(21-14(12)16)11-7-5-4-6-8-11/h3-8,12-15H,1,9-10,17H2,2H3. The summed E-state index contributed by atoms with van der Waals surface area (Å²) in [6.45, 7) is 4.27. The van der Waals surface area contributed by atoms with Gasteiger partial charge in [-0.2, -0.15) is 0 Å². The van der Waals surface area contributed by atoms with Crippen LogP contribution in [0, 0.1) is 0 Å². The van der Waals surface area contributed by atoms with E-state index in [2.05, 4.69) is 6.58 Å². The SMILES string of the molecule is C=CC1(N)CC(OC)OC2COC(c3ccccc3)OC21. The highest BCUT2D eigenvalue weighted by atomic mass is 16.7. The largest absolute Gasteiger partial charge is 0.356 e. The van der Waals surface area contributed by atoms with Crippen LogP contribution in [-0.4, -0.2) is 37.8 Å². The van der Waals surface area contributed by atoms with Gasteiger partial charge >= 0.3 is 0 Å². The Kier molecular flexibility index (Phi) is 4.10. The zero-order valence-electron chi connectivity index (χ0n) is 12.1. The highest BCUT2D eigenvalue weighted by Crippen LogP contribution is 2.38. The minimum absolute atomic E-state index is 0.258. The number of hydrogen-bond donors (Lipinski definition) is 1. The van der Waals surface area contributed by atoms with Crippen LogP contribution in [0.15, 0.2) is 43.0 Å². The number of nitrogens with two attached hydrogens (primary N) is 1. The molecule has 5 unspecified atom stereocenters. The molecule has 2 aliphatic heterocycles. The third-order valence-electron chi connectivity index (χ3n) is 4.11. The molecule has 5 atom stereocenters. The van der Waals surface area contributed by atoms with Crippen LogP contribution in [0.5, 0.6) is 0 Å². The van der Waals surface area contributed by atoms with Crippen LogP contribution in [0.3, 0.4) is 0 Å². The van der Waals surface area contributed by atoms with Crippen molar-refractivity contribution in [1.29, 1.82) is 0 Å². The van der Waals surface area contributed by atoms with Crippen LogP contribution < -0.4 is 5.73 Å². The Morgan fingerprint density at radius 3 is 2.76 bits per heavy atom. The second-order valence-corrected chi connectivity index (χ2v) is 5.49. The maximum Gasteiger partial charge on any atom is 0.184 e. The summed E-state index contributed by atoms with van der Waals surface area (Å²) < 4.78 is 23.0. The van der Waals surface area contributed by atoms with Crippen LogP contribution in [0.25, 0.3) is 0 Å². The number of hydrogen-bond acceptors (Lipinski definition) is 5. The highest BCUT2D eigenvalue weighted by molar-refractivity contribution is 5.18. The molecule has 0 aliphatic carbocycles. The van der Waals surface area contributed by atoms with E-state index in [1.807, 2.05) is 30.3 Å². The van der Waals surface area contributed by atoms with Crippen LogP contribution >= 0.6 is 0 Å². The Morgan fingerprint density at radius 1 is 1.33 bits per heavy atom. The molecule has 2 heterocycles. The molecule has 2 aliphatic rings. The molecule has 0 amide bonds. The van der Waals surface area contributed by atoms with Crippen molar-refractivity contribution in [3.63, 3.8) is 0 Å². The number of rotatable bonds is 3. The molecule has 5 heteroatoms. The van der Waals surface area contributed by atoms with Gasteiger partial charge in [0.05, 0.1) is 12.1 Å². The van der Waals surface area contributed by atoms with E-state index in [4.69, 9.17) is 24.7 Å². The minimum atomic E-state index is -0.694. The Bertz CT molecular complexity index is 494. The molecule has 5 nitrogen and oxygen atoms in total. The Balaban J connectivity index is 1.81. The van der Waals surface area contributed by atoms with Crippen molar-refractivity contribution in [3.8, 4) is 0 Å². The van der Waals surface area contributed by atoms with E-state index in [1.54, 1.807) is 13.2 Å². The third kappa shape index (κ3) is 2.75. The van der Waals surface area contributed by atoms with Crippen molar-refractivity contribution < 1.29 is 18.9 Å².